The van der Waals surface area contributed by atoms with Crippen LogP contribution in [0.2, 0.25) is 0 Å². The molecule has 1 aliphatic carbocycles. The molecule has 0 saturated heterocycles. The van der Waals surface area contributed by atoms with Crippen molar-refractivity contribution in [3.63, 3.8) is 0 Å². The predicted molar refractivity (Wildman–Crippen MR) is 74.2 cm³/mol. The van der Waals surface area contributed by atoms with Crippen LogP contribution in [0.4, 0.5) is 0 Å². The van der Waals surface area contributed by atoms with E-state index in [4.69, 9.17) is 0 Å². The minimum absolute atomic E-state index is 0.234. The van der Waals surface area contributed by atoms with Gasteiger partial charge in [-0.25, -0.2) is 4.79 Å². The first kappa shape index (κ1) is 14.5. The fourth-order valence-corrected chi connectivity index (χ4v) is 2.13. The van der Waals surface area contributed by atoms with Crippen LogP contribution in [0.3, 0.4) is 0 Å². The zero-order valence-electron chi connectivity index (χ0n) is 11.1. The van der Waals surface area contributed by atoms with Gasteiger partial charge < -0.3 is 4.74 Å². The predicted octanol–water partition coefficient (Wildman–Crippen LogP) is 3.98. The number of carbonyl (C=O) groups excluding carboxylic acids is 1. The lowest BCUT2D eigenvalue weighted by atomic mass is 9.84. The molecule has 0 bridgehead atoms. The monoisotopic (exact) mass is 246 g/mol. The molecule has 0 atom stereocenters. The van der Waals surface area contributed by atoms with Crippen LogP contribution in [0, 0.1) is 5.92 Å². The van der Waals surface area contributed by atoms with E-state index in [1.807, 2.05) is 36.4 Å². The van der Waals surface area contributed by atoms with Crippen molar-refractivity contribution in [3.8, 4) is 0 Å². The minimum Gasteiger partial charge on any atom is -0.466 e. The van der Waals surface area contributed by atoms with Crippen molar-refractivity contribution < 1.29 is 9.53 Å². The third-order valence-corrected chi connectivity index (χ3v) is 3.21. The second-order valence-corrected chi connectivity index (χ2v) is 4.51. The molecule has 0 aliphatic heterocycles. The molecule has 1 aromatic rings. The highest BCUT2D eigenvalue weighted by Gasteiger charge is 2.21. The molecule has 0 N–H and O–H groups in total. The van der Waals surface area contributed by atoms with E-state index in [2.05, 4.69) is 11.3 Å². The number of benzene rings is 1. The molecule has 98 valence electrons. The van der Waals surface area contributed by atoms with Gasteiger partial charge in [-0.1, -0.05) is 62.2 Å². The molecule has 0 spiro atoms. The Morgan fingerprint density at radius 1 is 1.00 bits per heavy atom. The number of ether oxygens (including phenoxy) is 1. The zero-order chi connectivity index (χ0) is 13.2. The molecule has 1 aromatic carbocycles. The van der Waals surface area contributed by atoms with Gasteiger partial charge in [0.05, 0.1) is 7.11 Å². The normalized spacial score (nSPS) is 15.2. The Kier molecular flexibility index (Phi) is 6.85. The standard InChI is InChI=1S/C10H16O2.C6H6/c1-8(10(11)12-2)9-6-4-3-5-7-9;1-2-4-6-5-3-1/h9H,1,3-7H2,2H3;1-6H. The number of hydrogen-bond acceptors (Lipinski definition) is 2. The Morgan fingerprint density at radius 3 is 1.83 bits per heavy atom. The van der Waals surface area contributed by atoms with E-state index in [0.29, 0.717) is 11.5 Å². The van der Waals surface area contributed by atoms with Gasteiger partial charge in [0.15, 0.2) is 0 Å². The van der Waals surface area contributed by atoms with Crippen molar-refractivity contribution in [2.24, 2.45) is 5.92 Å². The first-order valence-electron chi connectivity index (χ1n) is 6.53. The Labute approximate surface area is 110 Å². The van der Waals surface area contributed by atoms with Gasteiger partial charge in [0.25, 0.3) is 0 Å². The summed E-state index contributed by atoms with van der Waals surface area (Å²) in [6.45, 7) is 3.77. The summed E-state index contributed by atoms with van der Waals surface area (Å²) >= 11 is 0. The lowest BCUT2D eigenvalue weighted by molar-refractivity contribution is -0.136. The van der Waals surface area contributed by atoms with Crippen molar-refractivity contribution in [2.45, 2.75) is 32.1 Å². The van der Waals surface area contributed by atoms with Crippen molar-refractivity contribution in [1.82, 2.24) is 0 Å². The number of methoxy groups -OCH3 is 1. The van der Waals surface area contributed by atoms with Crippen molar-refractivity contribution in [1.29, 1.82) is 0 Å². The largest absolute Gasteiger partial charge is 0.466 e. The molecule has 18 heavy (non-hydrogen) atoms. The van der Waals surface area contributed by atoms with Crippen molar-refractivity contribution >= 4 is 5.97 Å². The summed E-state index contributed by atoms with van der Waals surface area (Å²) in [4.78, 5) is 11.1. The molecule has 1 fully saturated rings. The fourth-order valence-electron chi connectivity index (χ4n) is 2.13. The van der Waals surface area contributed by atoms with E-state index in [-0.39, 0.29) is 5.97 Å². The maximum Gasteiger partial charge on any atom is 0.333 e. The molecule has 0 aromatic heterocycles. The van der Waals surface area contributed by atoms with Crippen LogP contribution in [0.15, 0.2) is 48.6 Å². The molecule has 1 saturated carbocycles. The fraction of sp³-hybridized carbons (Fsp3) is 0.438. The molecule has 0 radical (unpaired) electrons. The Hall–Kier alpha value is -1.57. The third kappa shape index (κ3) is 5.17. The Morgan fingerprint density at radius 2 is 1.44 bits per heavy atom. The van der Waals surface area contributed by atoms with E-state index >= 15 is 0 Å². The maximum atomic E-state index is 11.1. The van der Waals surface area contributed by atoms with Gasteiger partial charge in [-0.15, -0.1) is 0 Å². The molecule has 2 rings (SSSR count). The SMILES string of the molecule is C=C(C(=O)OC)C1CCCCC1.c1ccccc1. The van der Waals surface area contributed by atoms with Crippen LogP contribution in [0.25, 0.3) is 0 Å². The van der Waals surface area contributed by atoms with Crippen molar-refractivity contribution in [2.75, 3.05) is 7.11 Å². The van der Waals surface area contributed by atoms with E-state index in [1.54, 1.807) is 0 Å². The summed E-state index contributed by atoms with van der Waals surface area (Å²) in [6.07, 6.45) is 5.95. The van der Waals surface area contributed by atoms with E-state index < -0.39 is 0 Å². The molecule has 2 nitrogen and oxygen atoms in total. The molecule has 0 unspecified atom stereocenters. The Bertz CT molecular complexity index is 324. The summed E-state index contributed by atoms with van der Waals surface area (Å²) in [5.74, 6) is 0.146. The second-order valence-electron chi connectivity index (χ2n) is 4.51. The van der Waals surface area contributed by atoms with Gasteiger partial charge >= 0.3 is 5.97 Å². The first-order chi connectivity index (χ1) is 8.75. The molecular weight excluding hydrogens is 224 g/mol. The maximum absolute atomic E-state index is 11.1. The first-order valence-corrected chi connectivity index (χ1v) is 6.53. The number of rotatable bonds is 2. The minimum atomic E-state index is -0.234. The average Bonchev–Trinajstić information content (AvgIpc) is 2.49. The summed E-state index contributed by atoms with van der Waals surface area (Å²) < 4.78 is 4.63. The van der Waals surface area contributed by atoms with Crippen LogP contribution < -0.4 is 0 Å². The number of carbonyl (C=O) groups is 1. The molecule has 0 heterocycles. The Balaban J connectivity index is 0.000000225. The van der Waals surface area contributed by atoms with E-state index in [1.165, 1.54) is 26.4 Å². The molecule has 0 amide bonds. The lowest BCUT2D eigenvalue weighted by Gasteiger charge is -2.21. The van der Waals surface area contributed by atoms with Crippen LogP contribution >= 0.6 is 0 Å². The smallest absolute Gasteiger partial charge is 0.333 e. The quantitative estimate of drug-likeness (QED) is 0.582. The van der Waals surface area contributed by atoms with E-state index in [0.717, 1.165) is 12.8 Å². The summed E-state index contributed by atoms with van der Waals surface area (Å²) in [5, 5.41) is 0. The molecular formula is C16H22O2. The van der Waals surface area contributed by atoms with Crippen LogP contribution in [0.5, 0.6) is 0 Å². The lowest BCUT2D eigenvalue weighted by Crippen LogP contribution is -2.16. The van der Waals surface area contributed by atoms with E-state index in [9.17, 15) is 4.79 Å². The van der Waals surface area contributed by atoms with Crippen molar-refractivity contribution in [3.05, 3.63) is 48.6 Å². The van der Waals surface area contributed by atoms with Crippen LogP contribution in [-0.2, 0) is 9.53 Å². The van der Waals surface area contributed by atoms with Gasteiger partial charge in [0.2, 0.25) is 0 Å². The molecule has 2 heteroatoms. The van der Waals surface area contributed by atoms with Gasteiger partial charge in [-0.2, -0.15) is 0 Å². The van der Waals surface area contributed by atoms with Gasteiger partial charge in [-0.3, -0.25) is 0 Å². The topological polar surface area (TPSA) is 26.3 Å². The number of esters is 1. The summed E-state index contributed by atoms with van der Waals surface area (Å²) in [7, 11) is 1.41. The van der Waals surface area contributed by atoms with Gasteiger partial charge in [0.1, 0.15) is 0 Å². The second kappa shape index (κ2) is 8.51. The average molecular weight is 246 g/mol. The number of hydrogen-bond donors (Lipinski definition) is 0. The third-order valence-electron chi connectivity index (χ3n) is 3.21. The molecule has 1 aliphatic rings. The highest BCUT2D eigenvalue weighted by molar-refractivity contribution is 5.88. The van der Waals surface area contributed by atoms with Gasteiger partial charge in [0, 0.05) is 5.57 Å². The summed E-state index contributed by atoms with van der Waals surface area (Å²) in [5.41, 5.74) is 0.664. The highest BCUT2D eigenvalue weighted by Crippen LogP contribution is 2.29. The summed E-state index contributed by atoms with van der Waals surface area (Å²) in [6, 6.07) is 12.0. The highest BCUT2D eigenvalue weighted by atomic mass is 16.5. The zero-order valence-corrected chi connectivity index (χ0v) is 11.1. The van der Waals surface area contributed by atoms with Crippen LogP contribution in [-0.4, -0.2) is 13.1 Å². The van der Waals surface area contributed by atoms with Gasteiger partial charge in [-0.05, 0) is 18.8 Å². The van der Waals surface area contributed by atoms with Crippen LogP contribution in [0.1, 0.15) is 32.1 Å².